The molecule has 1 fully saturated rings. The zero-order chi connectivity index (χ0) is 11.7. The fourth-order valence-corrected chi connectivity index (χ4v) is 3.49. The summed E-state index contributed by atoms with van der Waals surface area (Å²) in [4.78, 5) is 1.30. The summed E-state index contributed by atoms with van der Waals surface area (Å²) >= 11 is 1.93. The van der Waals surface area contributed by atoms with Crippen molar-refractivity contribution in [2.45, 2.75) is 24.2 Å². The number of hydrogen-bond acceptors (Lipinski definition) is 2. The van der Waals surface area contributed by atoms with E-state index in [1.807, 2.05) is 42.1 Å². The molecular formula is C15H16OS. The number of rotatable bonds is 3. The zero-order valence-corrected chi connectivity index (χ0v) is 10.5. The van der Waals surface area contributed by atoms with E-state index in [2.05, 4.69) is 6.07 Å². The Hall–Kier alpha value is -1.15. The van der Waals surface area contributed by atoms with E-state index < -0.39 is 0 Å². The minimum absolute atomic E-state index is 0.383. The molecule has 0 saturated heterocycles. The molecule has 0 aromatic heterocycles. The van der Waals surface area contributed by atoms with Gasteiger partial charge in [-0.25, -0.2) is 0 Å². The Bertz CT molecular complexity index is 531. The Balaban J connectivity index is 1.90. The van der Waals surface area contributed by atoms with E-state index in [-0.39, 0.29) is 0 Å². The summed E-state index contributed by atoms with van der Waals surface area (Å²) in [5.41, 5.74) is 0. The van der Waals surface area contributed by atoms with E-state index in [0.717, 1.165) is 11.3 Å². The molecule has 0 radical (unpaired) electrons. The summed E-state index contributed by atoms with van der Waals surface area (Å²) in [6.07, 6.45) is 4.19. The first kappa shape index (κ1) is 11.0. The SMILES string of the molecule is Oc1ccc(SCC2CCC2)c2ccccc12. The number of phenols is 1. The minimum Gasteiger partial charge on any atom is -0.507 e. The van der Waals surface area contributed by atoms with Gasteiger partial charge in [0, 0.05) is 16.0 Å². The number of thioether (sulfide) groups is 1. The van der Waals surface area contributed by atoms with Gasteiger partial charge in [-0.2, -0.15) is 0 Å². The maximum Gasteiger partial charge on any atom is 0.123 e. The first-order valence-electron chi connectivity index (χ1n) is 6.18. The molecule has 0 atom stereocenters. The highest BCUT2D eigenvalue weighted by Crippen LogP contribution is 2.37. The van der Waals surface area contributed by atoms with Crippen LogP contribution in [0.4, 0.5) is 0 Å². The molecule has 2 heteroatoms. The molecule has 2 aromatic carbocycles. The average Bonchev–Trinajstić information content (AvgIpc) is 2.30. The predicted octanol–water partition coefficient (Wildman–Crippen LogP) is 4.44. The number of aromatic hydroxyl groups is 1. The summed E-state index contributed by atoms with van der Waals surface area (Å²) in [7, 11) is 0. The molecule has 0 heterocycles. The Morgan fingerprint density at radius 2 is 1.82 bits per heavy atom. The van der Waals surface area contributed by atoms with Crippen LogP contribution >= 0.6 is 11.8 Å². The molecule has 0 bridgehead atoms. The molecule has 1 nitrogen and oxygen atoms in total. The molecular weight excluding hydrogens is 228 g/mol. The third kappa shape index (κ3) is 2.14. The molecule has 1 saturated carbocycles. The normalized spacial score (nSPS) is 16.0. The summed E-state index contributed by atoms with van der Waals surface area (Å²) in [5.74, 6) is 2.51. The minimum atomic E-state index is 0.383. The molecule has 2 aromatic rings. The molecule has 1 N–H and O–H groups in total. The van der Waals surface area contributed by atoms with Gasteiger partial charge in [0.05, 0.1) is 0 Å². The zero-order valence-electron chi connectivity index (χ0n) is 9.73. The number of phenolic OH excluding ortho intramolecular Hbond substituents is 1. The van der Waals surface area contributed by atoms with Crippen LogP contribution in [-0.4, -0.2) is 10.9 Å². The lowest BCUT2D eigenvalue weighted by molar-refractivity contribution is 0.353. The quantitative estimate of drug-likeness (QED) is 0.806. The number of hydrogen-bond donors (Lipinski definition) is 1. The second-order valence-electron chi connectivity index (χ2n) is 4.74. The second kappa shape index (κ2) is 4.61. The molecule has 0 spiro atoms. The van der Waals surface area contributed by atoms with E-state index >= 15 is 0 Å². The molecule has 0 aliphatic heterocycles. The maximum atomic E-state index is 9.82. The average molecular weight is 244 g/mol. The van der Waals surface area contributed by atoms with Crippen molar-refractivity contribution in [3.05, 3.63) is 36.4 Å². The van der Waals surface area contributed by atoms with Crippen molar-refractivity contribution in [3.8, 4) is 5.75 Å². The van der Waals surface area contributed by atoms with Crippen LogP contribution in [0, 0.1) is 5.92 Å². The van der Waals surface area contributed by atoms with Gasteiger partial charge in [-0.05, 0) is 36.3 Å². The summed E-state index contributed by atoms with van der Waals surface area (Å²) in [6, 6.07) is 11.9. The standard InChI is InChI=1S/C15H16OS/c16-14-8-9-15(17-10-11-4-3-5-11)13-7-2-1-6-12(13)14/h1-2,6-9,11,16H,3-5,10H2. The van der Waals surface area contributed by atoms with Crippen molar-refractivity contribution >= 4 is 22.5 Å². The van der Waals surface area contributed by atoms with Crippen LogP contribution in [0.5, 0.6) is 5.75 Å². The Morgan fingerprint density at radius 1 is 1.06 bits per heavy atom. The molecule has 88 valence electrons. The highest BCUT2D eigenvalue weighted by Gasteiger charge is 2.17. The van der Waals surface area contributed by atoms with E-state index in [0.29, 0.717) is 5.75 Å². The molecule has 1 aliphatic rings. The van der Waals surface area contributed by atoms with Crippen molar-refractivity contribution in [2.24, 2.45) is 5.92 Å². The third-order valence-electron chi connectivity index (χ3n) is 3.56. The molecule has 1 aliphatic carbocycles. The molecule has 17 heavy (non-hydrogen) atoms. The number of fused-ring (bicyclic) bond motifs is 1. The summed E-state index contributed by atoms with van der Waals surface area (Å²) in [6.45, 7) is 0. The van der Waals surface area contributed by atoms with Gasteiger partial charge in [0.15, 0.2) is 0 Å². The Labute approximate surface area is 106 Å². The highest BCUT2D eigenvalue weighted by atomic mass is 32.2. The monoisotopic (exact) mass is 244 g/mol. The van der Waals surface area contributed by atoms with Gasteiger partial charge in [0.25, 0.3) is 0 Å². The topological polar surface area (TPSA) is 20.2 Å². The fourth-order valence-electron chi connectivity index (χ4n) is 2.25. The maximum absolute atomic E-state index is 9.82. The fraction of sp³-hybridized carbons (Fsp3) is 0.333. The van der Waals surface area contributed by atoms with Crippen molar-refractivity contribution in [1.29, 1.82) is 0 Å². The smallest absolute Gasteiger partial charge is 0.123 e. The highest BCUT2D eigenvalue weighted by molar-refractivity contribution is 7.99. The van der Waals surface area contributed by atoms with Crippen molar-refractivity contribution < 1.29 is 5.11 Å². The second-order valence-corrected chi connectivity index (χ2v) is 5.80. The van der Waals surface area contributed by atoms with E-state index in [1.165, 1.54) is 35.3 Å². The lowest BCUT2D eigenvalue weighted by Crippen LogP contribution is -2.13. The largest absolute Gasteiger partial charge is 0.507 e. The van der Waals surface area contributed by atoms with Crippen molar-refractivity contribution in [2.75, 3.05) is 5.75 Å². The van der Waals surface area contributed by atoms with Crippen LogP contribution in [0.25, 0.3) is 10.8 Å². The number of benzene rings is 2. The van der Waals surface area contributed by atoms with Crippen LogP contribution in [0.15, 0.2) is 41.3 Å². The summed E-state index contributed by atoms with van der Waals surface area (Å²) < 4.78 is 0. The predicted molar refractivity (Wildman–Crippen MR) is 73.7 cm³/mol. The van der Waals surface area contributed by atoms with Gasteiger partial charge in [-0.15, -0.1) is 11.8 Å². The lowest BCUT2D eigenvalue weighted by atomic mass is 9.87. The first-order chi connectivity index (χ1) is 8.34. The van der Waals surface area contributed by atoms with Crippen LogP contribution in [0.1, 0.15) is 19.3 Å². The van der Waals surface area contributed by atoms with Crippen molar-refractivity contribution in [1.82, 2.24) is 0 Å². The molecule has 0 amide bonds. The third-order valence-corrected chi connectivity index (χ3v) is 4.87. The molecule has 3 rings (SSSR count). The van der Waals surface area contributed by atoms with E-state index in [1.54, 1.807) is 0 Å². The van der Waals surface area contributed by atoms with Crippen LogP contribution in [0.3, 0.4) is 0 Å². The Morgan fingerprint density at radius 3 is 2.53 bits per heavy atom. The van der Waals surface area contributed by atoms with Crippen molar-refractivity contribution in [3.63, 3.8) is 0 Å². The van der Waals surface area contributed by atoms with Crippen LogP contribution < -0.4 is 0 Å². The van der Waals surface area contributed by atoms with Gasteiger partial charge in [0.1, 0.15) is 5.75 Å². The van der Waals surface area contributed by atoms with Gasteiger partial charge in [-0.1, -0.05) is 30.7 Å². The van der Waals surface area contributed by atoms with E-state index in [4.69, 9.17) is 0 Å². The van der Waals surface area contributed by atoms with Crippen LogP contribution in [-0.2, 0) is 0 Å². The first-order valence-corrected chi connectivity index (χ1v) is 7.16. The van der Waals surface area contributed by atoms with Gasteiger partial charge >= 0.3 is 0 Å². The van der Waals surface area contributed by atoms with E-state index in [9.17, 15) is 5.11 Å². The Kier molecular flexibility index (Phi) is 2.98. The van der Waals surface area contributed by atoms with Gasteiger partial charge in [0.2, 0.25) is 0 Å². The summed E-state index contributed by atoms with van der Waals surface area (Å²) in [5, 5.41) is 12.0. The lowest BCUT2D eigenvalue weighted by Gasteiger charge is -2.24. The molecule has 0 unspecified atom stereocenters. The van der Waals surface area contributed by atoms with Crippen LogP contribution in [0.2, 0.25) is 0 Å². The van der Waals surface area contributed by atoms with Gasteiger partial charge < -0.3 is 5.11 Å². The van der Waals surface area contributed by atoms with Gasteiger partial charge in [-0.3, -0.25) is 0 Å².